The van der Waals surface area contributed by atoms with Gasteiger partial charge in [0.05, 0.1) is 6.10 Å². The first-order valence-electron chi connectivity index (χ1n) is 9.95. The lowest BCUT2D eigenvalue weighted by Gasteiger charge is -2.44. The van der Waals surface area contributed by atoms with E-state index in [-0.39, 0.29) is 17.1 Å². The van der Waals surface area contributed by atoms with E-state index in [0.29, 0.717) is 23.9 Å². The molecule has 0 bridgehead atoms. The Balaban J connectivity index is 1.56. The molecule has 2 atom stereocenters. The largest absolute Gasteiger partial charge is 0.489 e. The summed E-state index contributed by atoms with van der Waals surface area (Å²) in [6.45, 7) is 11.1. The third-order valence-corrected chi connectivity index (χ3v) is 6.09. The van der Waals surface area contributed by atoms with Crippen molar-refractivity contribution < 1.29 is 14.3 Å². The number of ether oxygens (including phenoxy) is 1. The van der Waals surface area contributed by atoms with E-state index in [2.05, 4.69) is 33.4 Å². The molecule has 150 valence electrons. The van der Waals surface area contributed by atoms with Crippen LogP contribution in [0.3, 0.4) is 0 Å². The Bertz CT molecular complexity index is 935. The molecule has 1 fully saturated rings. The molecule has 1 aliphatic rings. The Labute approximate surface area is 166 Å². The van der Waals surface area contributed by atoms with E-state index in [1.165, 1.54) is 17.2 Å². The van der Waals surface area contributed by atoms with Crippen LogP contribution in [0.2, 0.25) is 0 Å². The molecule has 1 aromatic carbocycles. The minimum atomic E-state index is -0.363. The van der Waals surface area contributed by atoms with Crippen LogP contribution in [0.5, 0.6) is 5.75 Å². The molecule has 3 rings (SSSR count). The number of fused-ring (bicyclic) bond motifs is 1. The average molecular weight is 383 g/mol. The quantitative estimate of drug-likeness (QED) is 0.547. The van der Waals surface area contributed by atoms with Crippen LogP contribution < -0.4 is 10.4 Å². The summed E-state index contributed by atoms with van der Waals surface area (Å²) in [5, 5.41) is 11.2. The zero-order chi connectivity index (χ0) is 20.3. The molecule has 4 nitrogen and oxygen atoms in total. The molecule has 0 radical (unpaired) electrons. The Morgan fingerprint density at radius 1 is 1.36 bits per heavy atom. The molecule has 1 N–H and O–H groups in total. The molecule has 4 heteroatoms. The first-order valence-corrected chi connectivity index (χ1v) is 9.95. The third kappa shape index (κ3) is 4.56. The SMILES string of the molecule is C=C1CC[C@@H](O)C(C)(C)[C@H]1CC/C(C)=C\COc1ccc2ccc(=O)oc2c1. The molecular formula is C24H30O4. The molecular weight excluding hydrogens is 352 g/mol. The molecule has 1 saturated carbocycles. The zero-order valence-electron chi connectivity index (χ0n) is 17.0. The van der Waals surface area contributed by atoms with Crippen LogP contribution in [0.4, 0.5) is 0 Å². The van der Waals surface area contributed by atoms with Crippen molar-refractivity contribution in [3.63, 3.8) is 0 Å². The number of hydrogen-bond acceptors (Lipinski definition) is 4. The van der Waals surface area contributed by atoms with Crippen molar-refractivity contribution in [2.75, 3.05) is 6.61 Å². The van der Waals surface area contributed by atoms with E-state index in [9.17, 15) is 9.90 Å². The van der Waals surface area contributed by atoms with Gasteiger partial charge >= 0.3 is 5.63 Å². The van der Waals surface area contributed by atoms with Crippen LogP contribution >= 0.6 is 0 Å². The highest BCUT2D eigenvalue weighted by Gasteiger charge is 2.40. The summed E-state index contributed by atoms with van der Waals surface area (Å²) >= 11 is 0. The maximum absolute atomic E-state index is 11.4. The third-order valence-electron chi connectivity index (χ3n) is 6.09. The maximum atomic E-state index is 11.4. The van der Waals surface area contributed by atoms with Crippen molar-refractivity contribution >= 4 is 11.0 Å². The lowest BCUT2D eigenvalue weighted by Crippen LogP contribution is -2.41. The van der Waals surface area contributed by atoms with E-state index < -0.39 is 0 Å². The van der Waals surface area contributed by atoms with Gasteiger partial charge in [-0.1, -0.05) is 31.6 Å². The van der Waals surface area contributed by atoms with Crippen LogP contribution in [0.25, 0.3) is 11.0 Å². The summed E-state index contributed by atoms with van der Waals surface area (Å²) in [4.78, 5) is 11.4. The molecule has 2 aromatic rings. The molecule has 1 heterocycles. The number of aliphatic hydroxyl groups is 1. The van der Waals surface area contributed by atoms with Gasteiger partial charge in [-0.3, -0.25) is 0 Å². The van der Waals surface area contributed by atoms with Gasteiger partial charge in [0.25, 0.3) is 0 Å². The van der Waals surface area contributed by atoms with Gasteiger partial charge in [-0.15, -0.1) is 0 Å². The number of hydrogen-bond donors (Lipinski definition) is 1. The van der Waals surface area contributed by atoms with Gasteiger partial charge < -0.3 is 14.3 Å². The van der Waals surface area contributed by atoms with Gasteiger partial charge in [0.2, 0.25) is 0 Å². The number of aliphatic hydroxyl groups excluding tert-OH is 1. The van der Waals surface area contributed by atoms with Gasteiger partial charge in [0.15, 0.2) is 0 Å². The summed E-state index contributed by atoms with van der Waals surface area (Å²) in [5.41, 5.74) is 2.56. The molecule has 0 saturated heterocycles. The molecule has 0 amide bonds. The highest BCUT2D eigenvalue weighted by Crippen LogP contribution is 2.45. The number of allylic oxidation sites excluding steroid dienone is 2. The lowest BCUT2D eigenvalue weighted by molar-refractivity contribution is -0.00881. The van der Waals surface area contributed by atoms with Crippen LogP contribution in [0.15, 0.2) is 63.3 Å². The molecule has 0 spiro atoms. The predicted octanol–water partition coefficient (Wildman–Crippen LogP) is 5.25. The first-order chi connectivity index (χ1) is 13.3. The standard InChI is InChI=1S/C24H30O4/c1-16(5-10-20-17(2)6-11-22(25)24(20,3)4)13-14-27-19-9-7-18-8-12-23(26)28-21(18)15-19/h7-9,12-13,15,20,22,25H,2,5-6,10-11,14H2,1,3-4H3/b16-13-/t20-,22+/m0/s1. The number of benzene rings is 1. The van der Waals surface area contributed by atoms with Crippen LogP contribution in [0, 0.1) is 11.3 Å². The lowest BCUT2D eigenvalue weighted by atomic mass is 9.63. The van der Waals surface area contributed by atoms with E-state index in [1.807, 2.05) is 12.1 Å². The van der Waals surface area contributed by atoms with Crippen molar-refractivity contribution in [1.29, 1.82) is 0 Å². The summed E-state index contributed by atoms with van der Waals surface area (Å²) in [6, 6.07) is 8.66. The fourth-order valence-electron chi connectivity index (χ4n) is 4.09. The topological polar surface area (TPSA) is 59.7 Å². The predicted molar refractivity (Wildman–Crippen MR) is 113 cm³/mol. The fraction of sp³-hybridized carbons (Fsp3) is 0.458. The minimum absolute atomic E-state index is 0.124. The second kappa shape index (κ2) is 8.36. The van der Waals surface area contributed by atoms with Crippen molar-refractivity contribution in [3.8, 4) is 5.75 Å². The molecule has 0 unspecified atom stereocenters. The summed E-state index contributed by atoms with van der Waals surface area (Å²) < 4.78 is 11.0. The minimum Gasteiger partial charge on any atom is -0.489 e. The average Bonchev–Trinajstić information content (AvgIpc) is 2.64. The Morgan fingerprint density at radius 2 is 2.11 bits per heavy atom. The Kier molecular flexibility index (Phi) is 6.09. The van der Waals surface area contributed by atoms with Gasteiger partial charge in [-0.25, -0.2) is 4.79 Å². The molecule has 0 aliphatic heterocycles. The summed E-state index contributed by atoms with van der Waals surface area (Å²) in [5.74, 6) is 1.01. The second-order valence-corrected chi connectivity index (χ2v) is 8.44. The van der Waals surface area contributed by atoms with Crippen LogP contribution in [0.1, 0.15) is 46.5 Å². The van der Waals surface area contributed by atoms with Gasteiger partial charge in [-0.2, -0.15) is 0 Å². The highest BCUT2D eigenvalue weighted by atomic mass is 16.5. The van der Waals surface area contributed by atoms with Gasteiger partial charge in [-0.05, 0) is 68.2 Å². The Hall–Kier alpha value is -2.33. The van der Waals surface area contributed by atoms with Crippen molar-refractivity contribution in [2.45, 2.75) is 52.6 Å². The smallest absolute Gasteiger partial charge is 0.336 e. The maximum Gasteiger partial charge on any atom is 0.336 e. The van der Waals surface area contributed by atoms with E-state index in [4.69, 9.17) is 9.15 Å². The van der Waals surface area contributed by atoms with E-state index in [0.717, 1.165) is 31.1 Å². The van der Waals surface area contributed by atoms with Crippen LogP contribution in [-0.4, -0.2) is 17.8 Å². The summed E-state index contributed by atoms with van der Waals surface area (Å²) in [6.07, 6.45) is 5.50. The van der Waals surface area contributed by atoms with E-state index >= 15 is 0 Å². The zero-order valence-corrected chi connectivity index (χ0v) is 17.0. The molecule has 1 aromatic heterocycles. The normalized spacial score (nSPS) is 22.4. The molecule has 1 aliphatic carbocycles. The monoisotopic (exact) mass is 382 g/mol. The van der Waals surface area contributed by atoms with Crippen molar-refractivity contribution in [1.82, 2.24) is 0 Å². The van der Waals surface area contributed by atoms with Crippen LogP contribution in [-0.2, 0) is 0 Å². The molecule has 28 heavy (non-hydrogen) atoms. The fourth-order valence-corrected chi connectivity index (χ4v) is 4.09. The van der Waals surface area contributed by atoms with Gasteiger partial charge in [0.1, 0.15) is 17.9 Å². The summed E-state index contributed by atoms with van der Waals surface area (Å²) in [7, 11) is 0. The second-order valence-electron chi connectivity index (χ2n) is 8.44. The number of rotatable bonds is 6. The first kappa shape index (κ1) is 20.4. The van der Waals surface area contributed by atoms with Crippen molar-refractivity contribution in [2.24, 2.45) is 11.3 Å². The van der Waals surface area contributed by atoms with E-state index in [1.54, 1.807) is 12.1 Å². The highest BCUT2D eigenvalue weighted by molar-refractivity contribution is 5.77. The Morgan fingerprint density at radius 3 is 2.89 bits per heavy atom. The van der Waals surface area contributed by atoms with Gasteiger partial charge in [0, 0.05) is 17.5 Å². The van der Waals surface area contributed by atoms with Crippen molar-refractivity contribution in [3.05, 3.63) is 64.6 Å².